The molecule has 1 aromatic heterocycles. The second-order valence-electron chi connectivity index (χ2n) is 3.78. The van der Waals surface area contributed by atoms with E-state index in [9.17, 15) is 9.50 Å². The third-order valence-electron chi connectivity index (χ3n) is 2.34. The van der Waals surface area contributed by atoms with Crippen LogP contribution in [0, 0.1) is 12.7 Å². The van der Waals surface area contributed by atoms with Crippen molar-refractivity contribution >= 4 is 27.3 Å². The molecule has 1 unspecified atom stereocenters. The van der Waals surface area contributed by atoms with E-state index in [4.69, 9.17) is 0 Å². The van der Waals surface area contributed by atoms with Crippen LogP contribution in [-0.2, 0) is 6.42 Å². The summed E-state index contributed by atoms with van der Waals surface area (Å²) < 4.78 is 14.3. The maximum atomic E-state index is 13.5. The third kappa shape index (κ3) is 3.12. The van der Waals surface area contributed by atoms with E-state index >= 15 is 0 Å². The highest BCUT2D eigenvalue weighted by atomic mass is 79.9. The number of halogens is 2. The van der Waals surface area contributed by atoms with Crippen LogP contribution in [0.2, 0.25) is 0 Å². The Kier molecular flexibility index (Phi) is 3.91. The fourth-order valence-corrected chi connectivity index (χ4v) is 2.71. The van der Waals surface area contributed by atoms with Crippen molar-refractivity contribution in [1.29, 1.82) is 0 Å². The molecule has 1 heterocycles. The van der Waals surface area contributed by atoms with Crippen LogP contribution in [-0.4, -0.2) is 10.1 Å². The van der Waals surface area contributed by atoms with Crippen LogP contribution in [0.25, 0.3) is 0 Å². The van der Waals surface area contributed by atoms with Gasteiger partial charge in [0.25, 0.3) is 0 Å². The average molecular weight is 316 g/mol. The standard InChI is InChI=1S/C12H11BrFNOS/c1-7-6-17-12(15-7)11(16)5-8-4-9(13)2-3-10(8)14/h2-4,6,11,16H,5H2,1H3. The number of hydrogen-bond donors (Lipinski definition) is 1. The number of rotatable bonds is 3. The fourth-order valence-electron chi connectivity index (χ4n) is 1.52. The summed E-state index contributed by atoms with van der Waals surface area (Å²) in [4.78, 5) is 4.19. The van der Waals surface area contributed by atoms with E-state index in [0.29, 0.717) is 10.6 Å². The molecule has 90 valence electrons. The summed E-state index contributed by atoms with van der Waals surface area (Å²) >= 11 is 4.68. The van der Waals surface area contributed by atoms with Crippen LogP contribution in [0.4, 0.5) is 4.39 Å². The van der Waals surface area contributed by atoms with E-state index in [2.05, 4.69) is 20.9 Å². The number of aliphatic hydroxyl groups excluding tert-OH is 1. The van der Waals surface area contributed by atoms with Gasteiger partial charge in [0.1, 0.15) is 16.9 Å². The van der Waals surface area contributed by atoms with Gasteiger partial charge in [0.2, 0.25) is 0 Å². The maximum absolute atomic E-state index is 13.5. The first kappa shape index (κ1) is 12.7. The summed E-state index contributed by atoms with van der Waals surface area (Å²) in [7, 11) is 0. The molecule has 2 nitrogen and oxygen atoms in total. The monoisotopic (exact) mass is 315 g/mol. The van der Waals surface area contributed by atoms with E-state index in [-0.39, 0.29) is 12.2 Å². The largest absolute Gasteiger partial charge is 0.386 e. The van der Waals surface area contributed by atoms with E-state index in [1.165, 1.54) is 17.4 Å². The molecule has 0 spiro atoms. The number of nitrogens with zero attached hydrogens (tertiary/aromatic N) is 1. The zero-order chi connectivity index (χ0) is 12.4. The third-order valence-corrected chi connectivity index (χ3v) is 3.90. The Hall–Kier alpha value is -0.780. The molecule has 17 heavy (non-hydrogen) atoms. The van der Waals surface area contributed by atoms with Crippen molar-refractivity contribution in [3.63, 3.8) is 0 Å². The summed E-state index contributed by atoms with van der Waals surface area (Å²) in [6.07, 6.45) is -0.518. The van der Waals surface area contributed by atoms with E-state index < -0.39 is 6.10 Å². The second-order valence-corrected chi connectivity index (χ2v) is 5.59. The van der Waals surface area contributed by atoms with E-state index in [1.54, 1.807) is 12.1 Å². The lowest BCUT2D eigenvalue weighted by Crippen LogP contribution is -2.03. The molecule has 0 amide bonds. The van der Waals surface area contributed by atoms with Gasteiger partial charge in [-0.25, -0.2) is 9.37 Å². The topological polar surface area (TPSA) is 33.1 Å². The number of aliphatic hydroxyl groups is 1. The van der Waals surface area contributed by atoms with Crippen molar-refractivity contribution < 1.29 is 9.50 Å². The molecule has 2 aromatic rings. The molecule has 1 atom stereocenters. The summed E-state index contributed by atoms with van der Waals surface area (Å²) in [6, 6.07) is 4.71. The van der Waals surface area contributed by atoms with Crippen molar-refractivity contribution in [2.45, 2.75) is 19.4 Å². The normalized spacial score (nSPS) is 12.7. The van der Waals surface area contributed by atoms with Crippen molar-refractivity contribution in [1.82, 2.24) is 4.98 Å². The van der Waals surface area contributed by atoms with Crippen LogP contribution in [0.3, 0.4) is 0 Å². The Bertz CT molecular complexity index is 529. The first-order valence-corrected chi connectivity index (χ1v) is 6.77. The van der Waals surface area contributed by atoms with Gasteiger partial charge in [-0.15, -0.1) is 11.3 Å². The Morgan fingerprint density at radius 3 is 2.94 bits per heavy atom. The second kappa shape index (κ2) is 5.25. The number of aryl methyl sites for hydroxylation is 1. The quantitative estimate of drug-likeness (QED) is 0.938. The van der Waals surface area contributed by atoms with Crippen molar-refractivity contribution in [2.75, 3.05) is 0 Å². The minimum Gasteiger partial charge on any atom is -0.386 e. The summed E-state index contributed by atoms with van der Waals surface area (Å²) in [5.41, 5.74) is 1.36. The highest BCUT2D eigenvalue weighted by Gasteiger charge is 2.14. The van der Waals surface area contributed by atoms with Crippen molar-refractivity contribution in [3.05, 3.63) is 50.1 Å². The lowest BCUT2D eigenvalue weighted by Gasteiger charge is -2.08. The molecule has 0 aliphatic rings. The maximum Gasteiger partial charge on any atom is 0.126 e. The first-order chi connectivity index (χ1) is 8.06. The molecule has 2 rings (SSSR count). The molecular weight excluding hydrogens is 305 g/mol. The fraction of sp³-hybridized carbons (Fsp3) is 0.250. The molecule has 0 saturated heterocycles. The molecule has 0 aliphatic carbocycles. The van der Waals surface area contributed by atoms with Gasteiger partial charge in [0.15, 0.2) is 0 Å². The number of thiazole rings is 1. The molecule has 5 heteroatoms. The lowest BCUT2D eigenvalue weighted by atomic mass is 10.1. The van der Waals surface area contributed by atoms with Gasteiger partial charge in [-0.05, 0) is 30.7 Å². The first-order valence-electron chi connectivity index (χ1n) is 5.10. The molecule has 0 bridgehead atoms. The average Bonchev–Trinajstić information content (AvgIpc) is 2.70. The Morgan fingerprint density at radius 1 is 1.53 bits per heavy atom. The van der Waals surface area contributed by atoms with Gasteiger partial charge >= 0.3 is 0 Å². The van der Waals surface area contributed by atoms with Gasteiger partial charge in [-0.3, -0.25) is 0 Å². The van der Waals surface area contributed by atoms with Gasteiger partial charge in [-0.1, -0.05) is 15.9 Å². The zero-order valence-electron chi connectivity index (χ0n) is 9.15. The minimum atomic E-state index is -0.752. The molecular formula is C12H11BrFNOS. The van der Waals surface area contributed by atoms with Crippen LogP contribution < -0.4 is 0 Å². The van der Waals surface area contributed by atoms with Gasteiger partial charge in [-0.2, -0.15) is 0 Å². The Morgan fingerprint density at radius 2 is 2.29 bits per heavy atom. The highest BCUT2D eigenvalue weighted by Crippen LogP contribution is 2.24. The van der Waals surface area contributed by atoms with Crippen LogP contribution >= 0.6 is 27.3 Å². The summed E-state index contributed by atoms with van der Waals surface area (Å²) in [5, 5.41) is 12.5. The molecule has 0 radical (unpaired) electrons. The minimum absolute atomic E-state index is 0.234. The molecule has 0 saturated carbocycles. The van der Waals surface area contributed by atoms with Crippen LogP contribution in [0.1, 0.15) is 22.4 Å². The van der Waals surface area contributed by atoms with E-state index in [1.807, 2.05) is 12.3 Å². The zero-order valence-corrected chi connectivity index (χ0v) is 11.6. The number of benzene rings is 1. The SMILES string of the molecule is Cc1csc(C(O)Cc2cc(Br)ccc2F)n1. The molecule has 0 fully saturated rings. The van der Waals surface area contributed by atoms with Crippen LogP contribution in [0.15, 0.2) is 28.1 Å². The van der Waals surface area contributed by atoms with Gasteiger partial charge < -0.3 is 5.11 Å². The van der Waals surface area contributed by atoms with Gasteiger partial charge in [0, 0.05) is 22.0 Å². The van der Waals surface area contributed by atoms with E-state index in [0.717, 1.165) is 10.2 Å². The van der Waals surface area contributed by atoms with Gasteiger partial charge in [0.05, 0.1) is 0 Å². The number of hydrogen-bond acceptors (Lipinski definition) is 3. The predicted molar refractivity (Wildman–Crippen MR) is 69.6 cm³/mol. The molecule has 1 aromatic carbocycles. The molecule has 0 aliphatic heterocycles. The Balaban J connectivity index is 2.18. The van der Waals surface area contributed by atoms with Crippen molar-refractivity contribution in [2.24, 2.45) is 0 Å². The predicted octanol–water partition coefficient (Wildman–Crippen LogP) is 3.63. The Labute approximate surface area is 111 Å². The smallest absolute Gasteiger partial charge is 0.126 e. The van der Waals surface area contributed by atoms with Crippen molar-refractivity contribution in [3.8, 4) is 0 Å². The lowest BCUT2D eigenvalue weighted by molar-refractivity contribution is 0.176. The van der Waals surface area contributed by atoms with Crippen LogP contribution in [0.5, 0.6) is 0 Å². The highest BCUT2D eigenvalue weighted by molar-refractivity contribution is 9.10. The number of aromatic nitrogens is 1. The summed E-state index contributed by atoms with van der Waals surface area (Å²) in [5.74, 6) is -0.305. The molecule has 1 N–H and O–H groups in total. The summed E-state index contributed by atoms with van der Waals surface area (Å²) in [6.45, 7) is 1.87.